The smallest absolute Gasteiger partial charge is 0.133 e. The molecule has 1 fully saturated rings. The summed E-state index contributed by atoms with van der Waals surface area (Å²) >= 11 is 0. The first-order chi connectivity index (χ1) is 16.5. The van der Waals surface area contributed by atoms with Gasteiger partial charge in [0, 0.05) is 49.3 Å². The second-order valence-corrected chi connectivity index (χ2v) is 9.78. The molecule has 33 heavy (non-hydrogen) atoms. The van der Waals surface area contributed by atoms with E-state index in [0.717, 1.165) is 29.9 Å². The van der Waals surface area contributed by atoms with E-state index in [1.54, 1.807) is 0 Å². The maximum absolute atomic E-state index is 9.27. The van der Waals surface area contributed by atoms with Crippen molar-refractivity contribution in [2.24, 2.45) is 5.92 Å². The number of aryl methyl sites for hydroxylation is 1. The van der Waals surface area contributed by atoms with Crippen LogP contribution in [0.5, 0.6) is 11.5 Å². The molecule has 0 saturated heterocycles. The Balaban J connectivity index is 1.58. The van der Waals surface area contributed by atoms with Crippen molar-refractivity contribution in [2.45, 2.75) is 62.9 Å². The molecule has 0 radical (unpaired) electrons. The molecule has 1 aliphatic carbocycles. The number of hydrogen-bond donors (Lipinski definition) is 1. The number of para-hydroxylation sites is 2. The molecule has 1 saturated carbocycles. The molecule has 1 N–H and O–H groups in total. The Morgan fingerprint density at radius 3 is 2.79 bits per heavy atom. The van der Waals surface area contributed by atoms with Gasteiger partial charge in [-0.05, 0) is 44.4 Å². The minimum Gasteiger partial charge on any atom is -0.489 e. The second kappa shape index (κ2) is 10.8. The van der Waals surface area contributed by atoms with Gasteiger partial charge in [0.05, 0.1) is 7.38 Å². The summed E-state index contributed by atoms with van der Waals surface area (Å²) in [5.74, 6) is 1.97. The normalized spacial score (nSPS) is 25.8. The van der Waals surface area contributed by atoms with Crippen LogP contribution in [0.4, 0.5) is 0 Å². The molecule has 0 spiro atoms. The van der Waals surface area contributed by atoms with Gasteiger partial charge in [-0.15, -0.1) is 0 Å². The number of hydrogen-bond acceptors (Lipinski definition) is 5. The summed E-state index contributed by atoms with van der Waals surface area (Å²) in [4.78, 5) is 0. The summed E-state index contributed by atoms with van der Waals surface area (Å²) in [7, 11) is 2.04. The van der Waals surface area contributed by atoms with Gasteiger partial charge in [0.2, 0.25) is 0 Å². The summed E-state index contributed by atoms with van der Waals surface area (Å²) in [6, 6.07) is 16.0. The molecule has 0 bridgehead atoms. The van der Waals surface area contributed by atoms with Crippen molar-refractivity contribution in [1.82, 2.24) is 0 Å². The third-order valence-corrected chi connectivity index (χ3v) is 7.28. The van der Waals surface area contributed by atoms with Crippen LogP contribution >= 0.6 is 18.9 Å². The first-order valence-electron chi connectivity index (χ1n) is 12.0. The van der Waals surface area contributed by atoms with Crippen LogP contribution in [0.1, 0.15) is 43.7 Å². The lowest BCUT2D eigenvalue weighted by molar-refractivity contribution is 0.0203. The zero-order valence-electron chi connectivity index (χ0n) is 20.1. The summed E-state index contributed by atoms with van der Waals surface area (Å²) < 4.78 is 32.0. The van der Waals surface area contributed by atoms with Crippen LogP contribution in [-0.4, -0.2) is 36.9 Å². The molecule has 1 aliphatic heterocycles. The molecule has 2 unspecified atom stereocenters. The van der Waals surface area contributed by atoms with Crippen LogP contribution in [0.3, 0.4) is 0 Å². The van der Waals surface area contributed by atoms with Gasteiger partial charge in [0.1, 0.15) is 29.3 Å². The van der Waals surface area contributed by atoms with Gasteiger partial charge in [0.25, 0.3) is 0 Å². The molecule has 4 rings (SSSR count). The minimum absolute atomic E-state index is 0.0187. The van der Waals surface area contributed by atoms with E-state index in [4.69, 9.17) is 19.8 Å². The molecule has 0 amide bonds. The third-order valence-electron chi connectivity index (χ3n) is 6.68. The Morgan fingerprint density at radius 2 is 2.06 bits per heavy atom. The zero-order valence-corrected chi connectivity index (χ0v) is 21.3. The first kappa shape index (κ1) is 23.3. The van der Waals surface area contributed by atoms with Gasteiger partial charge < -0.3 is 23.6 Å². The zero-order chi connectivity index (χ0) is 24.1. The highest BCUT2D eigenvalue weighted by atomic mass is 31.0. The summed E-state index contributed by atoms with van der Waals surface area (Å²) in [5.41, 5.74) is 1.73. The van der Waals surface area contributed by atoms with Crippen molar-refractivity contribution in [3.05, 3.63) is 71.8 Å². The van der Waals surface area contributed by atoms with Crippen LogP contribution in [0, 0.1) is 5.92 Å². The van der Waals surface area contributed by atoms with E-state index in [0.29, 0.717) is 6.42 Å². The molecule has 0 aromatic heterocycles. The van der Waals surface area contributed by atoms with Crippen molar-refractivity contribution in [3.63, 3.8) is 0 Å². The quantitative estimate of drug-likeness (QED) is 0.345. The Morgan fingerprint density at radius 1 is 1.24 bits per heavy atom. The number of rotatable bonds is 11. The number of aliphatic hydroxyl groups excluding tert-OH is 1. The molecule has 2 aliphatic rings. The average Bonchev–Trinajstić information content (AvgIpc) is 3.35. The standard InChI is InChI=1S/C26H34O5P2/c1-26(2,29-18-10-4-3-5-11-18)23(31-33)14-13-19-21(30-32)16-22-24(19)20-12-6-8-17(9-7-15-27)25(20)28-22/h3-6,8,10-14,19,21-24,27H,7,9,15-16,32-33H2,1-2H3/t19-,21+,22-,23+,24-/m0/s1/i32T/t19-,21+,22-,23+,24-,32?. The van der Waals surface area contributed by atoms with Crippen molar-refractivity contribution < 1.29 is 23.6 Å². The maximum Gasteiger partial charge on any atom is 0.133 e. The molecule has 7 atom stereocenters. The highest BCUT2D eigenvalue weighted by Crippen LogP contribution is 2.53. The molecule has 1 heterocycles. The van der Waals surface area contributed by atoms with Crippen LogP contribution in [-0.2, 0) is 15.5 Å². The summed E-state index contributed by atoms with van der Waals surface area (Å²) in [6.07, 6.45) is 6.10. The highest BCUT2D eigenvalue weighted by Gasteiger charge is 2.50. The Labute approximate surface area is 202 Å². The number of ether oxygens (including phenoxy) is 2. The van der Waals surface area contributed by atoms with Gasteiger partial charge >= 0.3 is 0 Å². The molecule has 178 valence electrons. The van der Waals surface area contributed by atoms with E-state index >= 15 is 0 Å². The van der Waals surface area contributed by atoms with Crippen molar-refractivity contribution >= 4 is 18.9 Å². The van der Waals surface area contributed by atoms with E-state index in [2.05, 4.69) is 39.8 Å². The first-order valence-corrected chi connectivity index (χ1v) is 12.4. The van der Waals surface area contributed by atoms with E-state index < -0.39 is 5.60 Å². The van der Waals surface area contributed by atoms with E-state index in [9.17, 15) is 5.11 Å². The third kappa shape index (κ3) is 5.29. The SMILES string of the molecule is [3H]PO[C@@H]1C[C@@H]2Oc3c(CCCO)cccc3[C@@H]2[C@H]1C=C[C@@H](OP)C(C)(C)Oc1ccccc1. The molecular weight excluding hydrogens is 454 g/mol. The predicted octanol–water partition coefficient (Wildman–Crippen LogP) is 5.24. The number of fused-ring (bicyclic) bond motifs is 3. The maximum atomic E-state index is 9.27. The Hall–Kier alpha value is -1.48. The number of aliphatic hydroxyl groups is 1. The fourth-order valence-electron chi connectivity index (χ4n) is 5.06. The minimum atomic E-state index is -0.604. The fraction of sp³-hybridized carbons (Fsp3) is 0.462. The lowest BCUT2D eigenvalue weighted by Crippen LogP contribution is -2.41. The predicted molar refractivity (Wildman–Crippen MR) is 137 cm³/mol. The van der Waals surface area contributed by atoms with Gasteiger partial charge in [0.15, 0.2) is 0 Å². The largest absolute Gasteiger partial charge is 0.489 e. The van der Waals surface area contributed by atoms with Crippen LogP contribution in [0.2, 0.25) is 0 Å². The molecular formula is C26H34O5P2. The lowest BCUT2D eigenvalue weighted by Gasteiger charge is -2.32. The fourth-order valence-corrected chi connectivity index (χ4v) is 5.73. The average molecular weight is 491 g/mol. The van der Waals surface area contributed by atoms with Crippen LogP contribution in [0.15, 0.2) is 60.7 Å². The van der Waals surface area contributed by atoms with Gasteiger partial charge in [-0.25, -0.2) is 0 Å². The van der Waals surface area contributed by atoms with Crippen LogP contribution < -0.4 is 9.47 Å². The summed E-state index contributed by atoms with van der Waals surface area (Å²) in [5, 5.41) is 9.27. The number of benzene rings is 2. The topological polar surface area (TPSA) is 57.2 Å². The molecule has 5 nitrogen and oxygen atoms in total. The van der Waals surface area contributed by atoms with Gasteiger partial charge in [-0.2, -0.15) is 0 Å². The van der Waals surface area contributed by atoms with Gasteiger partial charge in [-0.1, -0.05) is 48.6 Å². The Bertz CT molecular complexity index is 971. The van der Waals surface area contributed by atoms with E-state index in [1.807, 2.05) is 44.2 Å². The van der Waals surface area contributed by atoms with E-state index in [1.165, 1.54) is 5.56 Å². The van der Waals surface area contributed by atoms with Crippen molar-refractivity contribution in [1.29, 1.82) is 1.28 Å². The van der Waals surface area contributed by atoms with Crippen molar-refractivity contribution in [2.75, 3.05) is 6.61 Å². The van der Waals surface area contributed by atoms with Gasteiger partial charge in [-0.3, -0.25) is 0 Å². The summed E-state index contributed by atoms with van der Waals surface area (Å²) in [6.45, 7) is 4.19. The van der Waals surface area contributed by atoms with Crippen molar-refractivity contribution in [3.8, 4) is 11.5 Å². The monoisotopic (exact) mass is 490 g/mol. The van der Waals surface area contributed by atoms with Crippen LogP contribution in [0.25, 0.3) is 0 Å². The molecule has 2 aromatic rings. The van der Waals surface area contributed by atoms with E-state index in [-0.39, 0.29) is 46.2 Å². The Kier molecular flexibility index (Phi) is 7.65. The second-order valence-electron chi connectivity index (χ2n) is 9.27. The molecule has 2 aromatic carbocycles. The lowest BCUT2D eigenvalue weighted by atomic mass is 9.86. The highest BCUT2D eigenvalue weighted by molar-refractivity contribution is 7.10. The molecule has 7 heteroatoms.